The van der Waals surface area contributed by atoms with E-state index in [9.17, 15) is 8.42 Å². The van der Waals surface area contributed by atoms with Crippen molar-refractivity contribution in [3.63, 3.8) is 0 Å². The highest BCUT2D eigenvalue weighted by Crippen LogP contribution is 2.32. The van der Waals surface area contributed by atoms with Crippen molar-refractivity contribution < 1.29 is 8.42 Å². The van der Waals surface area contributed by atoms with Crippen LogP contribution in [0.25, 0.3) is 0 Å². The first kappa shape index (κ1) is 13.5. The van der Waals surface area contributed by atoms with Crippen LogP contribution in [-0.4, -0.2) is 20.4 Å². The van der Waals surface area contributed by atoms with Gasteiger partial charge in [-0.15, -0.1) is 11.3 Å². The summed E-state index contributed by atoms with van der Waals surface area (Å²) < 4.78 is 26.9. The lowest BCUT2D eigenvalue weighted by Crippen LogP contribution is -2.27. The molecule has 0 amide bonds. The van der Waals surface area contributed by atoms with Crippen molar-refractivity contribution in [1.82, 2.24) is 4.98 Å². The molecule has 7 heteroatoms. The van der Waals surface area contributed by atoms with Crippen molar-refractivity contribution in [2.75, 3.05) is 11.4 Å². The predicted octanol–water partition coefficient (Wildman–Crippen LogP) is 3.04. The van der Waals surface area contributed by atoms with Crippen molar-refractivity contribution in [2.45, 2.75) is 11.8 Å². The molecule has 0 atom stereocenters. The monoisotopic (exact) mass is 346 g/mol. The standard InChI is InChI=1S/C11H11BrN2O2S2/c1-8-9(7-10(12)17-8)18(15,16)14(2)11-5-3-4-6-13-11/h3-7H,1-2H3. The van der Waals surface area contributed by atoms with Gasteiger partial charge >= 0.3 is 0 Å². The van der Waals surface area contributed by atoms with E-state index in [1.165, 1.54) is 22.7 Å². The summed E-state index contributed by atoms with van der Waals surface area (Å²) in [5, 5.41) is 0. The Balaban J connectivity index is 2.47. The molecule has 0 bridgehead atoms. The number of nitrogens with zero attached hydrogens (tertiary/aromatic N) is 2. The second kappa shape index (κ2) is 4.99. The van der Waals surface area contributed by atoms with Crippen LogP contribution in [0.1, 0.15) is 4.88 Å². The van der Waals surface area contributed by atoms with E-state index in [0.29, 0.717) is 10.7 Å². The summed E-state index contributed by atoms with van der Waals surface area (Å²) in [6.45, 7) is 1.79. The van der Waals surface area contributed by atoms with Gasteiger partial charge in [-0.2, -0.15) is 0 Å². The lowest BCUT2D eigenvalue weighted by atomic mass is 10.5. The second-order valence-electron chi connectivity index (χ2n) is 3.63. The van der Waals surface area contributed by atoms with E-state index < -0.39 is 10.0 Å². The Morgan fingerprint density at radius 3 is 2.61 bits per heavy atom. The fraction of sp³-hybridized carbons (Fsp3) is 0.182. The van der Waals surface area contributed by atoms with Crippen LogP contribution in [-0.2, 0) is 10.0 Å². The predicted molar refractivity (Wildman–Crippen MR) is 76.6 cm³/mol. The molecule has 0 aliphatic carbocycles. The minimum atomic E-state index is -3.55. The molecule has 0 radical (unpaired) electrons. The first-order valence-electron chi connectivity index (χ1n) is 5.09. The van der Waals surface area contributed by atoms with Crippen molar-refractivity contribution in [3.8, 4) is 0 Å². The highest BCUT2D eigenvalue weighted by atomic mass is 79.9. The highest BCUT2D eigenvalue weighted by molar-refractivity contribution is 9.11. The van der Waals surface area contributed by atoms with Crippen LogP contribution in [0.15, 0.2) is 39.1 Å². The Hall–Kier alpha value is -0.920. The van der Waals surface area contributed by atoms with E-state index in [4.69, 9.17) is 0 Å². The van der Waals surface area contributed by atoms with Crippen LogP contribution >= 0.6 is 27.3 Å². The lowest BCUT2D eigenvalue weighted by Gasteiger charge is -2.17. The van der Waals surface area contributed by atoms with E-state index in [1.807, 2.05) is 0 Å². The van der Waals surface area contributed by atoms with Crippen LogP contribution in [0, 0.1) is 6.92 Å². The number of rotatable bonds is 3. The Labute approximate surface area is 118 Å². The normalized spacial score (nSPS) is 11.5. The second-order valence-corrected chi connectivity index (χ2v) is 8.20. The molecular formula is C11H11BrN2O2S2. The van der Waals surface area contributed by atoms with Gasteiger partial charge in [0.25, 0.3) is 10.0 Å². The van der Waals surface area contributed by atoms with Crippen molar-refractivity contribution in [3.05, 3.63) is 39.1 Å². The molecule has 0 saturated carbocycles. The maximum absolute atomic E-state index is 12.4. The fourth-order valence-electron chi connectivity index (χ4n) is 1.50. The maximum Gasteiger partial charge on any atom is 0.266 e. The maximum atomic E-state index is 12.4. The van der Waals surface area contributed by atoms with Crippen LogP contribution in [0.4, 0.5) is 5.82 Å². The number of thiophene rings is 1. The van der Waals surface area contributed by atoms with Crippen molar-refractivity contribution in [1.29, 1.82) is 0 Å². The van der Waals surface area contributed by atoms with Crippen LogP contribution in [0.2, 0.25) is 0 Å². The number of halogens is 1. The van der Waals surface area contributed by atoms with Crippen molar-refractivity contribution in [2.24, 2.45) is 0 Å². The van der Waals surface area contributed by atoms with Crippen LogP contribution < -0.4 is 4.31 Å². The Kier molecular flexibility index (Phi) is 3.74. The van der Waals surface area contributed by atoms with Gasteiger partial charge in [0.15, 0.2) is 0 Å². The summed E-state index contributed by atoms with van der Waals surface area (Å²) in [6, 6.07) is 6.78. The van der Waals surface area contributed by atoms with Gasteiger partial charge in [0.05, 0.1) is 3.79 Å². The average molecular weight is 347 g/mol. The number of anilines is 1. The quantitative estimate of drug-likeness (QED) is 0.858. The molecule has 4 nitrogen and oxygen atoms in total. The Morgan fingerprint density at radius 1 is 1.39 bits per heavy atom. The number of aromatic nitrogens is 1. The zero-order chi connectivity index (χ0) is 13.3. The van der Waals surface area contributed by atoms with Crippen LogP contribution in [0.3, 0.4) is 0 Å². The molecule has 2 aromatic heterocycles. The smallest absolute Gasteiger partial charge is 0.253 e. The van der Waals surface area contributed by atoms with Crippen LogP contribution in [0.5, 0.6) is 0 Å². The van der Waals surface area contributed by atoms with E-state index in [0.717, 1.165) is 8.66 Å². The lowest BCUT2D eigenvalue weighted by molar-refractivity contribution is 0.594. The molecule has 0 spiro atoms. The molecule has 0 fully saturated rings. The Morgan fingerprint density at radius 2 is 2.11 bits per heavy atom. The minimum Gasteiger partial charge on any atom is -0.253 e. The third-order valence-corrected chi connectivity index (χ3v) is 6.02. The van der Waals surface area contributed by atoms with Gasteiger partial charge in [0.2, 0.25) is 0 Å². The third-order valence-electron chi connectivity index (χ3n) is 2.45. The van der Waals surface area contributed by atoms with Gasteiger partial charge < -0.3 is 0 Å². The molecule has 2 rings (SSSR count). The van der Waals surface area contributed by atoms with Gasteiger partial charge in [0.1, 0.15) is 10.7 Å². The molecule has 96 valence electrons. The summed E-state index contributed by atoms with van der Waals surface area (Å²) >= 11 is 4.70. The summed E-state index contributed by atoms with van der Waals surface area (Å²) in [4.78, 5) is 5.11. The number of hydrogen-bond donors (Lipinski definition) is 0. The molecule has 2 aromatic rings. The van der Waals surface area contributed by atoms with E-state index in [-0.39, 0.29) is 0 Å². The number of aryl methyl sites for hydroxylation is 1. The summed E-state index contributed by atoms with van der Waals surface area (Å²) in [7, 11) is -2.05. The van der Waals surface area contributed by atoms with E-state index in [2.05, 4.69) is 20.9 Å². The first-order chi connectivity index (χ1) is 8.43. The van der Waals surface area contributed by atoms with E-state index in [1.54, 1.807) is 37.4 Å². The van der Waals surface area contributed by atoms with Gasteiger partial charge in [-0.25, -0.2) is 13.4 Å². The SMILES string of the molecule is Cc1sc(Br)cc1S(=O)(=O)N(C)c1ccccn1. The molecule has 0 N–H and O–H groups in total. The molecule has 18 heavy (non-hydrogen) atoms. The van der Waals surface area contributed by atoms with Gasteiger partial charge in [-0.3, -0.25) is 4.31 Å². The minimum absolute atomic E-state index is 0.313. The fourth-order valence-corrected chi connectivity index (χ4v) is 5.03. The molecule has 0 unspecified atom stereocenters. The molecular weight excluding hydrogens is 336 g/mol. The van der Waals surface area contributed by atoms with Gasteiger partial charge in [-0.05, 0) is 41.1 Å². The largest absolute Gasteiger partial charge is 0.266 e. The summed E-state index contributed by atoms with van der Waals surface area (Å²) in [6.07, 6.45) is 1.57. The molecule has 0 aliphatic heterocycles. The third kappa shape index (κ3) is 2.43. The Bertz CT molecular complexity index is 653. The molecule has 0 saturated heterocycles. The van der Waals surface area contributed by atoms with Crippen molar-refractivity contribution >= 4 is 43.1 Å². The topological polar surface area (TPSA) is 50.3 Å². The van der Waals surface area contributed by atoms with Gasteiger partial charge in [-0.1, -0.05) is 6.07 Å². The molecule has 0 aromatic carbocycles. The summed E-state index contributed by atoms with van der Waals surface area (Å²) in [5.41, 5.74) is 0. The zero-order valence-corrected chi connectivity index (χ0v) is 13.0. The van der Waals surface area contributed by atoms with E-state index >= 15 is 0 Å². The summed E-state index contributed by atoms with van der Waals surface area (Å²) in [5.74, 6) is 0.402. The average Bonchev–Trinajstić information content (AvgIpc) is 2.69. The molecule has 0 aliphatic rings. The molecule has 2 heterocycles. The zero-order valence-electron chi connectivity index (χ0n) is 9.79. The van der Waals surface area contributed by atoms with Gasteiger partial charge in [0, 0.05) is 18.1 Å². The first-order valence-corrected chi connectivity index (χ1v) is 8.14. The number of pyridine rings is 1. The highest BCUT2D eigenvalue weighted by Gasteiger charge is 2.25. The number of sulfonamides is 1. The number of hydrogen-bond acceptors (Lipinski definition) is 4.